The molecule has 1 fully saturated rings. The predicted octanol–water partition coefficient (Wildman–Crippen LogP) is 3.08. The van der Waals surface area contributed by atoms with Gasteiger partial charge in [-0.2, -0.15) is 5.10 Å². The summed E-state index contributed by atoms with van der Waals surface area (Å²) in [5.74, 6) is 0.563. The van der Waals surface area contributed by atoms with Crippen LogP contribution in [0.1, 0.15) is 23.2 Å². The van der Waals surface area contributed by atoms with Crippen molar-refractivity contribution in [3.05, 3.63) is 66.7 Å². The molecule has 1 aromatic heterocycles. The molecule has 0 spiro atoms. The monoisotopic (exact) mass is 364 g/mol. The van der Waals surface area contributed by atoms with Gasteiger partial charge < -0.3 is 14.8 Å². The minimum atomic E-state index is -0.172. The third kappa shape index (κ3) is 4.32. The van der Waals surface area contributed by atoms with E-state index in [-0.39, 0.29) is 12.0 Å². The Hall–Kier alpha value is -3.19. The van der Waals surface area contributed by atoms with Gasteiger partial charge in [0.25, 0.3) is 5.91 Å². The highest BCUT2D eigenvalue weighted by molar-refractivity contribution is 6.04. The van der Waals surface area contributed by atoms with E-state index in [1.807, 2.05) is 24.3 Å². The number of hydrogen-bond acceptors (Lipinski definition) is 5. The number of hydrogen-bond donors (Lipinski definition) is 1. The number of anilines is 1. The van der Waals surface area contributed by atoms with Gasteiger partial charge in [0.15, 0.2) is 0 Å². The Morgan fingerprint density at radius 3 is 2.67 bits per heavy atom. The zero-order valence-corrected chi connectivity index (χ0v) is 14.7. The van der Waals surface area contributed by atoms with Crippen LogP contribution in [-0.2, 0) is 4.74 Å². The quantitative estimate of drug-likeness (QED) is 0.727. The summed E-state index contributed by atoms with van der Waals surface area (Å²) >= 11 is 0. The third-order valence-electron chi connectivity index (χ3n) is 4.38. The maximum atomic E-state index is 12.4. The SMILES string of the molecule is O=C(Nc1ccc(-n2cncn2)cc1)c1ccc(OCC2CCCO2)cc1. The second kappa shape index (κ2) is 8.01. The van der Waals surface area contributed by atoms with Crippen molar-refractivity contribution >= 4 is 11.6 Å². The molecule has 1 atom stereocenters. The van der Waals surface area contributed by atoms with E-state index in [0.717, 1.165) is 30.9 Å². The Morgan fingerprint density at radius 2 is 2.00 bits per heavy atom. The lowest BCUT2D eigenvalue weighted by atomic mass is 10.2. The molecule has 3 aromatic rings. The van der Waals surface area contributed by atoms with Gasteiger partial charge in [0, 0.05) is 17.9 Å². The fraction of sp³-hybridized carbons (Fsp3) is 0.250. The average Bonchev–Trinajstić information content (AvgIpc) is 3.41. The number of carbonyl (C=O) groups is 1. The van der Waals surface area contributed by atoms with Crippen molar-refractivity contribution in [3.8, 4) is 11.4 Å². The molecule has 0 saturated carbocycles. The highest BCUT2D eigenvalue weighted by Crippen LogP contribution is 2.18. The lowest BCUT2D eigenvalue weighted by Crippen LogP contribution is -2.16. The molecular weight excluding hydrogens is 344 g/mol. The van der Waals surface area contributed by atoms with Crippen LogP contribution in [0.4, 0.5) is 5.69 Å². The molecule has 1 amide bonds. The van der Waals surface area contributed by atoms with E-state index in [1.54, 1.807) is 35.3 Å². The molecule has 4 rings (SSSR count). The Kier molecular flexibility index (Phi) is 5.11. The molecular formula is C20H20N4O3. The van der Waals surface area contributed by atoms with Crippen LogP contribution in [0.15, 0.2) is 61.2 Å². The Bertz CT molecular complexity index is 871. The van der Waals surface area contributed by atoms with Gasteiger partial charge in [0.1, 0.15) is 25.0 Å². The van der Waals surface area contributed by atoms with Crippen molar-refractivity contribution in [2.75, 3.05) is 18.5 Å². The normalized spacial score (nSPS) is 16.2. The Labute approximate surface area is 156 Å². The maximum Gasteiger partial charge on any atom is 0.255 e. The second-order valence-electron chi connectivity index (χ2n) is 6.31. The summed E-state index contributed by atoms with van der Waals surface area (Å²) in [5, 5.41) is 6.95. The highest BCUT2D eigenvalue weighted by Gasteiger charge is 2.16. The van der Waals surface area contributed by atoms with Crippen molar-refractivity contribution in [1.29, 1.82) is 0 Å². The van der Waals surface area contributed by atoms with Crippen LogP contribution >= 0.6 is 0 Å². The van der Waals surface area contributed by atoms with E-state index >= 15 is 0 Å². The molecule has 1 unspecified atom stereocenters. The van der Waals surface area contributed by atoms with Crippen molar-refractivity contribution < 1.29 is 14.3 Å². The molecule has 1 aliphatic rings. The number of nitrogens with zero attached hydrogens (tertiary/aromatic N) is 3. The van der Waals surface area contributed by atoms with Crippen LogP contribution in [0.2, 0.25) is 0 Å². The van der Waals surface area contributed by atoms with Gasteiger partial charge >= 0.3 is 0 Å². The van der Waals surface area contributed by atoms with Gasteiger partial charge in [0.05, 0.1) is 11.8 Å². The number of ether oxygens (including phenoxy) is 2. The summed E-state index contributed by atoms with van der Waals surface area (Å²) in [6.07, 6.45) is 5.40. The van der Waals surface area contributed by atoms with E-state index in [9.17, 15) is 4.79 Å². The van der Waals surface area contributed by atoms with Gasteiger partial charge in [-0.15, -0.1) is 0 Å². The third-order valence-corrected chi connectivity index (χ3v) is 4.38. The number of carbonyl (C=O) groups excluding carboxylic acids is 1. The number of rotatable bonds is 6. The first-order valence-corrected chi connectivity index (χ1v) is 8.89. The summed E-state index contributed by atoms with van der Waals surface area (Å²) in [6.45, 7) is 1.36. The molecule has 2 aromatic carbocycles. The molecule has 0 aliphatic carbocycles. The van der Waals surface area contributed by atoms with E-state index in [4.69, 9.17) is 9.47 Å². The molecule has 0 radical (unpaired) electrons. The van der Waals surface area contributed by atoms with Crippen LogP contribution < -0.4 is 10.1 Å². The maximum absolute atomic E-state index is 12.4. The first-order chi connectivity index (χ1) is 13.3. The smallest absolute Gasteiger partial charge is 0.255 e. The van der Waals surface area contributed by atoms with Gasteiger partial charge in [0.2, 0.25) is 0 Å². The molecule has 7 heteroatoms. The van der Waals surface area contributed by atoms with Crippen molar-refractivity contribution in [1.82, 2.24) is 14.8 Å². The van der Waals surface area contributed by atoms with E-state index in [1.165, 1.54) is 6.33 Å². The zero-order valence-electron chi connectivity index (χ0n) is 14.7. The minimum absolute atomic E-state index is 0.172. The molecule has 1 saturated heterocycles. The standard InChI is InChI=1S/C20H20N4O3/c25-20(23-16-5-7-17(8-6-16)24-14-21-13-22-24)15-3-9-18(10-4-15)27-12-19-2-1-11-26-19/h3-10,13-14,19H,1-2,11-12H2,(H,23,25). The fourth-order valence-corrected chi connectivity index (χ4v) is 2.91. The van der Waals surface area contributed by atoms with Gasteiger partial charge in [-0.05, 0) is 61.4 Å². The molecule has 1 aliphatic heterocycles. The fourth-order valence-electron chi connectivity index (χ4n) is 2.91. The lowest BCUT2D eigenvalue weighted by molar-refractivity contribution is 0.0679. The summed E-state index contributed by atoms with van der Waals surface area (Å²) in [5.41, 5.74) is 2.15. The van der Waals surface area contributed by atoms with Crippen LogP contribution in [-0.4, -0.2) is 40.0 Å². The average molecular weight is 364 g/mol. The van der Waals surface area contributed by atoms with E-state index in [0.29, 0.717) is 17.9 Å². The zero-order chi connectivity index (χ0) is 18.5. The molecule has 138 valence electrons. The van der Waals surface area contributed by atoms with Crippen LogP contribution in [0.25, 0.3) is 5.69 Å². The Balaban J connectivity index is 1.33. The largest absolute Gasteiger partial charge is 0.491 e. The van der Waals surface area contributed by atoms with Crippen molar-refractivity contribution in [2.24, 2.45) is 0 Å². The predicted molar refractivity (Wildman–Crippen MR) is 100 cm³/mol. The molecule has 7 nitrogen and oxygen atoms in total. The topological polar surface area (TPSA) is 78.3 Å². The number of amides is 1. The molecule has 27 heavy (non-hydrogen) atoms. The van der Waals surface area contributed by atoms with Crippen LogP contribution in [0.3, 0.4) is 0 Å². The summed E-state index contributed by atoms with van der Waals surface area (Å²) in [4.78, 5) is 16.3. The first kappa shape index (κ1) is 17.2. The van der Waals surface area contributed by atoms with Gasteiger partial charge in [-0.1, -0.05) is 0 Å². The highest BCUT2D eigenvalue weighted by atomic mass is 16.5. The first-order valence-electron chi connectivity index (χ1n) is 8.89. The summed E-state index contributed by atoms with van der Waals surface area (Å²) < 4.78 is 12.9. The molecule has 0 bridgehead atoms. The van der Waals surface area contributed by atoms with Gasteiger partial charge in [-0.3, -0.25) is 4.79 Å². The number of nitrogens with one attached hydrogen (secondary N) is 1. The Morgan fingerprint density at radius 1 is 1.19 bits per heavy atom. The molecule has 1 N–H and O–H groups in total. The molecule has 2 heterocycles. The lowest BCUT2D eigenvalue weighted by Gasteiger charge is -2.12. The number of aromatic nitrogens is 3. The van der Waals surface area contributed by atoms with Crippen molar-refractivity contribution in [2.45, 2.75) is 18.9 Å². The summed E-state index contributed by atoms with van der Waals surface area (Å²) in [7, 11) is 0. The van der Waals surface area contributed by atoms with Crippen molar-refractivity contribution in [3.63, 3.8) is 0 Å². The van der Waals surface area contributed by atoms with E-state index in [2.05, 4.69) is 15.4 Å². The summed E-state index contributed by atoms with van der Waals surface area (Å²) in [6, 6.07) is 14.5. The second-order valence-corrected chi connectivity index (χ2v) is 6.31. The van der Waals surface area contributed by atoms with Crippen LogP contribution in [0, 0.1) is 0 Å². The van der Waals surface area contributed by atoms with E-state index < -0.39 is 0 Å². The minimum Gasteiger partial charge on any atom is -0.491 e. The number of benzene rings is 2. The van der Waals surface area contributed by atoms with Gasteiger partial charge in [-0.25, -0.2) is 9.67 Å². The van der Waals surface area contributed by atoms with Crippen LogP contribution in [0.5, 0.6) is 5.75 Å².